The summed E-state index contributed by atoms with van der Waals surface area (Å²) in [7, 11) is 0. The van der Waals surface area contributed by atoms with Crippen LogP contribution >= 0.6 is 0 Å². The van der Waals surface area contributed by atoms with Gasteiger partial charge in [0.2, 0.25) is 0 Å². The molecule has 0 bridgehead atoms. The van der Waals surface area contributed by atoms with E-state index in [2.05, 4.69) is 0 Å². The number of rotatable bonds is 2. The highest BCUT2D eigenvalue weighted by molar-refractivity contribution is 5.21. The molecule has 0 heterocycles. The average Bonchev–Trinajstić information content (AvgIpc) is 2.31. The van der Waals surface area contributed by atoms with Crippen molar-refractivity contribution in [3.8, 4) is 0 Å². The van der Waals surface area contributed by atoms with Gasteiger partial charge in [-0.25, -0.2) is 8.78 Å². The van der Waals surface area contributed by atoms with Gasteiger partial charge in [0.1, 0.15) is 0 Å². The van der Waals surface area contributed by atoms with Crippen LogP contribution in [0.25, 0.3) is 0 Å². The first-order chi connectivity index (χ1) is 8.61. The van der Waals surface area contributed by atoms with Gasteiger partial charge in [0.15, 0.2) is 11.6 Å². The average molecular weight is 253 g/mol. The van der Waals surface area contributed by atoms with Crippen LogP contribution in [0.4, 0.5) is 8.78 Å². The second-order valence-electron chi connectivity index (χ2n) is 5.52. The SMILES string of the molecule is NC1(Cc2cccc(F)c2F)CCCCCCC1. The van der Waals surface area contributed by atoms with Gasteiger partial charge in [0.25, 0.3) is 0 Å². The lowest BCUT2D eigenvalue weighted by atomic mass is 9.80. The molecule has 1 aliphatic carbocycles. The molecule has 0 amide bonds. The minimum Gasteiger partial charge on any atom is -0.325 e. The summed E-state index contributed by atoms with van der Waals surface area (Å²) in [6, 6.07) is 4.35. The maximum atomic E-state index is 13.7. The van der Waals surface area contributed by atoms with E-state index in [1.165, 1.54) is 19.3 Å². The largest absolute Gasteiger partial charge is 0.325 e. The van der Waals surface area contributed by atoms with E-state index in [9.17, 15) is 8.78 Å². The van der Waals surface area contributed by atoms with E-state index in [1.807, 2.05) is 0 Å². The van der Waals surface area contributed by atoms with Crippen molar-refractivity contribution in [1.29, 1.82) is 0 Å². The van der Waals surface area contributed by atoms with Gasteiger partial charge in [-0.05, 0) is 30.9 Å². The Balaban J connectivity index is 2.12. The normalized spacial score (nSPS) is 20.2. The van der Waals surface area contributed by atoms with Crippen LogP contribution in [0.1, 0.15) is 50.5 Å². The fraction of sp³-hybridized carbons (Fsp3) is 0.600. The minimum atomic E-state index is -0.776. The highest BCUT2D eigenvalue weighted by atomic mass is 19.2. The highest BCUT2D eigenvalue weighted by Crippen LogP contribution is 2.28. The van der Waals surface area contributed by atoms with Crippen LogP contribution in [0.3, 0.4) is 0 Å². The number of nitrogens with two attached hydrogens (primary N) is 1. The smallest absolute Gasteiger partial charge is 0.162 e. The van der Waals surface area contributed by atoms with Gasteiger partial charge < -0.3 is 5.73 Å². The van der Waals surface area contributed by atoms with Crippen molar-refractivity contribution < 1.29 is 8.78 Å². The molecule has 0 aromatic heterocycles. The van der Waals surface area contributed by atoms with Crippen molar-refractivity contribution >= 4 is 0 Å². The van der Waals surface area contributed by atoms with Crippen molar-refractivity contribution in [2.45, 2.75) is 56.9 Å². The quantitative estimate of drug-likeness (QED) is 0.848. The third-order valence-corrected chi connectivity index (χ3v) is 3.92. The maximum Gasteiger partial charge on any atom is 0.162 e. The van der Waals surface area contributed by atoms with Crippen LogP contribution in [0.5, 0.6) is 0 Å². The molecule has 3 heteroatoms. The molecule has 0 atom stereocenters. The van der Waals surface area contributed by atoms with E-state index in [1.54, 1.807) is 12.1 Å². The van der Waals surface area contributed by atoms with Crippen molar-refractivity contribution in [2.75, 3.05) is 0 Å². The van der Waals surface area contributed by atoms with E-state index >= 15 is 0 Å². The van der Waals surface area contributed by atoms with Crippen molar-refractivity contribution in [2.24, 2.45) is 5.73 Å². The van der Waals surface area contributed by atoms with Crippen LogP contribution in [0.2, 0.25) is 0 Å². The van der Waals surface area contributed by atoms with Crippen molar-refractivity contribution in [3.63, 3.8) is 0 Å². The lowest BCUT2D eigenvalue weighted by Crippen LogP contribution is -2.42. The molecule has 100 valence electrons. The minimum absolute atomic E-state index is 0.366. The summed E-state index contributed by atoms with van der Waals surface area (Å²) < 4.78 is 26.9. The zero-order valence-electron chi connectivity index (χ0n) is 10.7. The van der Waals surface area contributed by atoms with Crippen LogP contribution in [0, 0.1) is 11.6 Å². The van der Waals surface area contributed by atoms with E-state index in [0.29, 0.717) is 12.0 Å². The molecule has 18 heavy (non-hydrogen) atoms. The van der Waals surface area contributed by atoms with E-state index in [4.69, 9.17) is 5.73 Å². The zero-order valence-corrected chi connectivity index (χ0v) is 10.7. The molecule has 0 unspecified atom stereocenters. The molecule has 1 aromatic rings. The molecule has 0 spiro atoms. The molecular formula is C15H21F2N. The Bertz CT molecular complexity index is 395. The zero-order chi connectivity index (χ0) is 13.0. The molecule has 1 fully saturated rings. The topological polar surface area (TPSA) is 26.0 Å². The van der Waals surface area contributed by atoms with Crippen LogP contribution < -0.4 is 5.73 Å². The molecule has 1 nitrogen and oxygen atoms in total. The van der Waals surface area contributed by atoms with E-state index < -0.39 is 11.6 Å². The number of hydrogen-bond donors (Lipinski definition) is 1. The summed E-state index contributed by atoms with van der Waals surface area (Å²) in [5.41, 5.74) is 6.44. The molecule has 0 aliphatic heterocycles. The first-order valence-corrected chi connectivity index (χ1v) is 6.82. The lowest BCUT2D eigenvalue weighted by molar-refractivity contribution is 0.310. The highest BCUT2D eigenvalue weighted by Gasteiger charge is 2.27. The molecule has 2 rings (SSSR count). The first-order valence-electron chi connectivity index (χ1n) is 6.82. The Labute approximate surface area is 107 Å². The first kappa shape index (κ1) is 13.5. The Morgan fingerprint density at radius 2 is 1.61 bits per heavy atom. The summed E-state index contributed by atoms with van der Waals surface area (Å²) in [6.45, 7) is 0. The van der Waals surface area contributed by atoms with Gasteiger partial charge in [-0.15, -0.1) is 0 Å². The number of hydrogen-bond acceptors (Lipinski definition) is 1. The molecule has 0 saturated heterocycles. The molecular weight excluding hydrogens is 232 g/mol. The fourth-order valence-electron chi connectivity index (χ4n) is 2.85. The Hall–Kier alpha value is -0.960. The van der Waals surface area contributed by atoms with Crippen LogP contribution in [-0.2, 0) is 6.42 Å². The summed E-state index contributed by atoms with van der Waals surface area (Å²) in [6.07, 6.45) is 8.10. The second-order valence-corrected chi connectivity index (χ2v) is 5.52. The molecule has 1 aromatic carbocycles. The van der Waals surface area contributed by atoms with Gasteiger partial charge in [-0.3, -0.25) is 0 Å². The van der Waals surface area contributed by atoms with Gasteiger partial charge in [0.05, 0.1) is 0 Å². The molecule has 1 saturated carbocycles. The van der Waals surface area contributed by atoms with Gasteiger partial charge in [-0.2, -0.15) is 0 Å². The summed E-state index contributed by atoms with van der Waals surface area (Å²) in [5, 5.41) is 0. The molecule has 1 aliphatic rings. The summed E-state index contributed by atoms with van der Waals surface area (Å²) in [4.78, 5) is 0. The molecule has 0 radical (unpaired) electrons. The van der Waals surface area contributed by atoms with Gasteiger partial charge in [0, 0.05) is 5.54 Å². The summed E-state index contributed by atoms with van der Waals surface area (Å²) >= 11 is 0. The van der Waals surface area contributed by atoms with Crippen molar-refractivity contribution in [3.05, 3.63) is 35.4 Å². The Morgan fingerprint density at radius 3 is 2.28 bits per heavy atom. The number of benzene rings is 1. The van der Waals surface area contributed by atoms with E-state index in [-0.39, 0.29) is 5.54 Å². The van der Waals surface area contributed by atoms with E-state index in [0.717, 1.165) is 31.7 Å². The predicted molar refractivity (Wildman–Crippen MR) is 69.3 cm³/mol. The second kappa shape index (κ2) is 5.79. The maximum absolute atomic E-state index is 13.7. The standard InChI is InChI=1S/C15H21F2N/c16-13-8-6-7-12(14(13)17)11-15(18)9-4-2-1-3-5-10-15/h6-8H,1-5,9-11,18H2. The predicted octanol–water partition coefficient (Wildman–Crippen LogP) is 3.95. The van der Waals surface area contributed by atoms with Gasteiger partial charge in [-0.1, -0.05) is 44.2 Å². The van der Waals surface area contributed by atoms with Crippen molar-refractivity contribution in [1.82, 2.24) is 0 Å². The number of halogens is 2. The van der Waals surface area contributed by atoms with Crippen LogP contribution in [-0.4, -0.2) is 5.54 Å². The van der Waals surface area contributed by atoms with Gasteiger partial charge >= 0.3 is 0 Å². The monoisotopic (exact) mass is 253 g/mol. The van der Waals surface area contributed by atoms with Crippen LogP contribution in [0.15, 0.2) is 18.2 Å². The fourth-order valence-corrected chi connectivity index (χ4v) is 2.85. The lowest BCUT2D eigenvalue weighted by Gasteiger charge is -2.31. The molecule has 2 N–H and O–H groups in total. The third-order valence-electron chi connectivity index (χ3n) is 3.92. The third kappa shape index (κ3) is 3.29. The Kier molecular flexibility index (Phi) is 4.33. The summed E-state index contributed by atoms with van der Waals surface area (Å²) in [5.74, 6) is -1.51. The Morgan fingerprint density at radius 1 is 1.00 bits per heavy atom.